The second-order valence-corrected chi connectivity index (χ2v) is 9.19. The van der Waals surface area contributed by atoms with Crippen LogP contribution in [0.1, 0.15) is 54.9 Å². The Labute approximate surface area is 154 Å². The summed E-state index contributed by atoms with van der Waals surface area (Å²) < 4.78 is 14.5. The molecule has 2 heterocycles. The number of benzene rings is 1. The van der Waals surface area contributed by atoms with Crippen LogP contribution >= 0.6 is 0 Å². The number of piperidine rings is 1. The summed E-state index contributed by atoms with van der Waals surface area (Å²) in [7, 11) is 0. The highest BCUT2D eigenvalue weighted by Gasteiger charge is 2.63. The van der Waals surface area contributed by atoms with Gasteiger partial charge < -0.3 is 15.3 Å². The van der Waals surface area contributed by atoms with Crippen molar-refractivity contribution in [2.75, 3.05) is 32.8 Å². The van der Waals surface area contributed by atoms with Crippen LogP contribution in [0, 0.1) is 22.6 Å². The first-order chi connectivity index (χ1) is 12.4. The molecule has 2 N–H and O–H groups in total. The number of likely N-dealkylation sites (tertiary alicyclic amines) is 1. The van der Waals surface area contributed by atoms with Crippen LogP contribution in [0.5, 0.6) is 0 Å². The van der Waals surface area contributed by atoms with Gasteiger partial charge in [-0.15, -0.1) is 0 Å². The summed E-state index contributed by atoms with van der Waals surface area (Å²) in [5.41, 5.74) is 1.19. The van der Waals surface area contributed by atoms with E-state index in [4.69, 9.17) is 0 Å². The Morgan fingerprint density at radius 1 is 1.35 bits per heavy atom. The highest BCUT2D eigenvalue weighted by Crippen LogP contribution is 2.62. The Balaban J connectivity index is 1.57. The van der Waals surface area contributed by atoms with E-state index in [2.05, 4.69) is 19.2 Å². The summed E-state index contributed by atoms with van der Waals surface area (Å²) in [5, 5.41) is 13.2. The fourth-order valence-electron chi connectivity index (χ4n) is 5.78. The number of halogens is 1. The third-order valence-corrected chi connectivity index (χ3v) is 7.03. The molecule has 5 heteroatoms. The number of hydrogen-bond acceptors (Lipinski definition) is 3. The van der Waals surface area contributed by atoms with Gasteiger partial charge in [0.2, 0.25) is 0 Å². The first-order valence-electron chi connectivity index (χ1n) is 9.77. The maximum Gasteiger partial charge on any atom is 0.256 e. The van der Waals surface area contributed by atoms with E-state index >= 15 is 0 Å². The zero-order chi connectivity index (χ0) is 18.5. The van der Waals surface area contributed by atoms with E-state index in [1.54, 1.807) is 11.0 Å². The SMILES string of the molecule is CC1(C)C[C@]2(CO)CN(C(=O)c3cc(C4CCNCC4)ccc3F)C[C@H]12. The van der Waals surface area contributed by atoms with E-state index in [-0.39, 0.29) is 28.9 Å². The van der Waals surface area contributed by atoms with Gasteiger partial charge in [0.1, 0.15) is 5.82 Å². The number of carbonyl (C=O) groups excluding carboxylic acids is 1. The summed E-state index contributed by atoms with van der Waals surface area (Å²) in [6.07, 6.45) is 2.96. The van der Waals surface area contributed by atoms with Crippen LogP contribution in [0.4, 0.5) is 4.39 Å². The van der Waals surface area contributed by atoms with Gasteiger partial charge in [-0.2, -0.15) is 0 Å². The first-order valence-corrected chi connectivity index (χ1v) is 9.77. The van der Waals surface area contributed by atoms with Gasteiger partial charge >= 0.3 is 0 Å². The summed E-state index contributed by atoms with van der Waals surface area (Å²) in [6, 6.07) is 5.04. The Hall–Kier alpha value is -1.46. The van der Waals surface area contributed by atoms with Crippen molar-refractivity contribution >= 4 is 5.91 Å². The van der Waals surface area contributed by atoms with E-state index in [1.165, 1.54) is 6.07 Å². The average Bonchev–Trinajstić information content (AvgIpc) is 2.97. The molecule has 26 heavy (non-hydrogen) atoms. The number of hydrogen-bond donors (Lipinski definition) is 2. The number of nitrogens with one attached hydrogen (secondary N) is 1. The van der Waals surface area contributed by atoms with Gasteiger partial charge in [0, 0.05) is 18.5 Å². The molecule has 2 saturated heterocycles. The smallest absolute Gasteiger partial charge is 0.256 e. The lowest BCUT2D eigenvalue weighted by atomic mass is 9.48. The minimum atomic E-state index is -0.441. The van der Waals surface area contributed by atoms with Crippen LogP contribution in [0.2, 0.25) is 0 Å². The third-order valence-electron chi connectivity index (χ3n) is 7.03. The number of amides is 1. The van der Waals surface area contributed by atoms with E-state index in [0.717, 1.165) is 37.9 Å². The number of nitrogens with zero attached hydrogens (tertiary/aromatic N) is 1. The van der Waals surface area contributed by atoms with Crippen molar-refractivity contribution in [3.63, 3.8) is 0 Å². The third kappa shape index (κ3) is 2.76. The van der Waals surface area contributed by atoms with Gasteiger partial charge in [0.25, 0.3) is 5.91 Å². The molecule has 3 fully saturated rings. The lowest BCUT2D eigenvalue weighted by molar-refractivity contribution is -0.0977. The van der Waals surface area contributed by atoms with Crippen LogP contribution in [-0.2, 0) is 0 Å². The number of rotatable bonds is 3. The number of fused-ring (bicyclic) bond motifs is 1. The Morgan fingerprint density at radius 3 is 2.69 bits per heavy atom. The van der Waals surface area contributed by atoms with Gasteiger partial charge in [-0.25, -0.2) is 4.39 Å². The minimum absolute atomic E-state index is 0.0997. The Bertz CT molecular complexity index is 714. The van der Waals surface area contributed by atoms with E-state index in [9.17, 15) is 14.3 Å². The van der Waals surface area contributed by atoms with E-state index in [1.807, 2.05) is 6.07 Å². The van der Waals surface area contributed by atoms with Crippen molar-refractivity contribution < 1.29 is 14.3 Å². The number of aliphatic hydroxyl groups is 1. The fraction of sp³-hybridized carbons (Fsp3) is 0.667. The topological polar surface area (TPSA) is 52.6 Å². The molecule has 2 aliphatic heterocycles. The van der Waals surface area contributed by atoms with Crippen LogP contribution < -0.4 is 5.32 Å². The number of carbonyl (C=O) groups is 1. The largest absolute Gasteiger partial charge is 0.396 e. The quantitative estimate of drug-likeness (QED) is 0.872. The molecular weight excluding hydrogens is 331 g/mol. The second kappa shape index (κ2) is 6.31. The molecule has 2 atom stereocenters. The van der Waals surface area contributed by atoms with Crippen molar-refractivity contribution in [2.24, 2.45) is 16.7 Å². The molecule has 0 unspecified atom stereocenters. The average molecular weight is 360 g/mol. The van der Waals surface area contributed by atoms with E-state index < -0.39 is 5.82 Å². The van der Waals surface area contributed by atoms with Gasteiger partial charge in [-0.3, -0.25) is 4.79 Å². The normalized spacial score (nSPS) is 30.8. The van der Waals surface area contributed by atoms with Crippen molar-refractivity contribution in [3.8, 4) is 0 Å². The lowest BCUT2D eigenvalue weighted by Crippen LogP contribution is -2.54. The highest BCUT2D eigenvalue weighted by atomic mass is 19.1. The molecule has 0 spiro atoms. The molecule has 1 aromatic carbocycles. The maximum absolute atomic E-state index is 14.5. The molecule has 0 bridgehead atoms. The van der Waals surface area contributed by atoms with Gasteiger partial charge in [-0.1, -0.05) is 19.9 Å². The zero-order valence-electron chi connectivity index (χ0n) is 15.7. The summed E-state index contributed by atoms with van der Waals surface area (Å²) in [4.78, 5) is 14.8. The molecule has 1 aromatic rings. The fourth-order valence-corrected chi connectivity index (χ4v) is 5.78. The summed E-state index contributed by atoms with van der Waals surface area (Å²) in [6.45, 7) is 7.57. The standard InChI is InChI=1S/C21H29FN2O2/c1-20(2)11-21(13-25)12-24(10-18(20)21)19(26)16-9-15(3-4-17(16)22)14-5-7-23-8-6-14/h3-4,9,14,18,23,25H,5-8,10-13H2,1-2H3/t18-,21-/m1/s1. The monoisotopic (exact) mass is 360 g/mol. The molecule has 3 aliphatic rings. The zero-order valence-corrected chi connectivity index (χ0v) is 15.7. The minimum Gasteiger partial charge on any atom is -0.396 e. The van der Waals surface area contributed by atoms with Gasteiger partial charge in [0.15, 0.2) is 0 Å². The molecule has 0 radical (unpaired) electrons. The summed E-state index contributed by atoms with van der Waals surface area (Å²) >= 11 is 0. The van der Waals surface area contributed by atoms with Gasteiger partial charge in [-0.05, 0) is 67.3 Å². The maximum atomic E-state index is 14.5. The van der Waals surface area contributed by atoms with Crippen LogP contribution in [-0.4, -0.2) is 48.7 Å². The predicted octanol–water partition coefficient (Wildman–Crippen LogP) is 2.77. The second-order valence-electron chi connectivity index (χ2n) is 9.19. The van der Waals surface area contributed by atoms with Crippen molar-refractivity contribution in [1.29, 1.82) is 0 Å². The first kappa shape index (κ1) is 17.9. The molecule has 1 saturated carbocycles. The molecule has 4 rings (SSSR count). The molecular formula is C21H29FN2O2. The highest BCUT2D eigenvalue weighted by molar-refractivity contribution is 5.95. The van der Waals surface area contributed by atoms with Gasteiger partial charge in [0.05, 0.1) is 12.2 Å². The van der Waals surface area contributed by atoms with Crippen LogP contribution in [0.3, 0.4) is 0 Å². The Morgan fingerprint density at radius 2 is 2.08 bits per heavy atom. The van der Waals surface area contributed by atoms with Crippen LogP contribution in [0.25, 0.3) is 0 Å². The predicted molar refractivity (Wildman–Crippen MR) is 98.6 cm³/mol. The number of aliphatic hydroxyl groups excluding tert-OH is 1. The Kier molecular flexibility index (Phi) is 4.35. The molecule has 4 nitrogen and oxygen atoms in total. The molecule has 142 valence electrons. The van der Waals surface area contributed by atoms with E-state index in [0.29, 0.717) is 24.9 Å². The molecule has 0 aromatic heterocycles. The molecule has 1 aliphatic carbocycles. The molecule has 1 amide bonds. The van der Waals surface area contributed by atoms with Crippen molar-refractivity contribution in [1.82, 2.24) is 10.2 Å². The van der Waals surface area contributed by atoms with Crippen LogP contribution in [0.15, 0.2) is 18.2 Å². The van der Waals surface area contributed by atoms with Crippen molar-refractivity contribution in [3.05, 3.63) is 35.1 Å². The lowest BCUT2D eigenvalue weighted by Gasteiger charge is -2.55. The van der Waals surface area contributed by atoms with Crippen molar-refractivity contribution in [2.45, 2.75) is 39.0 Å². The summed E-state index contributed by atoms with van der Waals surface area (Å²) in [5.74, 6) is 0.0149.